The van der Waals surface area contributed by atoms with Crippen molar-refractivity contribution in [3.8, 4) is 0 Å². The van der Waals surface area contributed by atoms with E-state index in [1.807, 2.05) is 13.1 Å². The van der Waals surface area contributed by atoms with Gasteiger partial charge in [-0.2, -0.15) is 5.10 Å². The molecule has 0 saturated carbocycles. The summed E-state index contributed by atoms with van der Waals surface area (Å²) in [6.07, 6.45) is 4.80. The van der Waals surface area contributed by atoms with Crippen molar-refractivity contribution < 1.29 is 14.7 Å². The van der Waals surface area contributed by atoms with E-state index >= 15 is 0 Å². The van der Waals surface area contributed by atoms with Gasteiger partial charge in [-0.3, -0.25) is 9.48 Å². The van der Waals surface area contributed by atoms with E-state index in [-0.39, 0.29) is 17.2 Å². The van der Waals surface area contributed by atoms with Gasteiger partial charge in [0, 0.05) is 37.1 Å². The summed E-state index contributed by atoms with van der Waals surface area (Å²) in [5.41, 5.74) is 0.0937. The molecule has 1 fully saturated rings. The van der Waals surface area contributed by atoms with Crippen molar-refractivity contribution in [2.45, 2.75) is 25.7 Å². The van der Waals surface area contributed by atoms with E-state index < -0.39 is 5.97 Å². The highest BCUT2D eigenvalue weighted by atomic mass is 32.1. The van der Waals surface area contributed by atoms with E-state index in [9.17, 15) is 14.7 Å². The normalized spacial score (nSPS) is 15.8. The number of piperidine rings is 1. The molecule has 1 amide bonds. The van der Waals surface area contributed by atoms with Crippen LogP contribution in [0.2, 0.25) is 0 Å². The third kappa shape index (κ3) is 2.98. The highest BCUT2D eigenvalue weighted by Crippen LogP contribution is 2.31. The summed E-state index contributed by atoms with van der Waals surface area (Å²) in [6, 6.07) is 0. The topological polar surface area (TPSA) is 88.3 Å². The number of nitrogens with zero attached hydrogens (tertiary/aromatic N) is 4. The molecule has 0 unspecified atom stereocenters. The zero-order valence-corrected chi connectivity index (χ0v) is 13.8. The predicted octanol–water partition coefficient (Wildman–Crippen LogP) is 1.90. The number of aromatic nitrogens is 3. The lowest BCUT2D eigenvalue weighted by molar-refractivity contribution is 0.0656. The molecule has 0 radical (unpaired) electrons. The molecule has 1 N–H and O–H groups in total. The standard InChI is InChI=1S/C15H18N4O3S/c1-9-7-16-13(23-9)10-3-5-19(6-4-10)14(20)12-11(15(21)22)8-17-18(12)2/h7-8,10H,3-6H2,1-2H3,(H,21,22). The third-order valence-corrected chi connectivity index (χ3v) is 5.22. The number of carboxylic acid groups (broad SMARTS) is 1. The van der Waals surface area contributed by atoms with E-state index in [0.717, 1.165) is 17.8 Å². The van der Waals surface area contributed by atoms with Crippen LogP contribution in [-0.4, -0.2) is 49.7 Å². The minimum Gasteiger partial charge on any atom is -0.478 e. The molecule has 0 atom stereocenters. The molecule has 2 aromatic heterocycles. The van der Waals surface area contributed by atoms with Crippen molar-refractivity contribution in [3.05, 3.63) is 33.5 Å². The molecule has 122 valence electrons. The van der Waals surface area contributed by atoms with Crippen LogP contribution < -0.4 is 0 Å². The lowest BCUT2D eigenvalue weighted by atomic mass is 9.97. The highest BCUT2D eigenvalue weighted by Gasteiger charge is 2.30. The fourth-order valence-electron chi connectivity index (χ4n) is 2.89. The number of aryl methyl sites for hydroxylation is 2. The number of aromatic carboxylic acids is 1. The van der Waals surface area contributed by atoms with Crippen molar-refractivity contribution in [1.82, 2.24) is 19.7 Å². The fourth-order valence-corrected chi connectivity index (χ4v) is 3.83. The van der Waals surface area contributed by atoms with Gasteiger partial charge in [-0.1, -0.05) is 0 Å². The van der Waals surface area contributed by atoms with Gasteiger partial charge in [0.1, 0.15) is 11.3 Å². The molecule has 0 spiro atoms. The van der Waals surface area contributed by atoms with Gasteiger partial charge >= 0.3 is 5.97 Å². The van der Waals surface area contributed by atoms with Gasteiger partial charge in [-0.25, -0.2) is 9.78 Å². The lowest BCUT2D eigenvalue weighted by Crippen LogP contribution is -2.39. The monoisotopic (exact) mass is 334 g/mol. The lowest BCUT2D eigenvalue weighted by Gasteiger charge is -2.31. The largest absolute Gasteiger partial charge is 0.478 e. The molecule has 7 nitrogen and oxygen atoms in total. The fraction of sp³-hybridized carbons (Fsp3) is 0.467. The van der Waals surface area contributed by atoms with Crippen LogP contribution in [0.1, 0.15) is 49.5 Å². The smallest absolute Gasteiger partial charge is 0.339 e. The van der Waals surface area contributed by atoms with Crippen LogP contribution >= 0.6 is 11.3 Å². The molecule has 0 bridgehead atoms. The Balaban J connectivity index is 1.71. The second-order valence-electron chi connectivity index (χ2n) is 5.71. The van der Waals surface area contributed by atoms with E-state index in [1.165, 1.54) is 15.8 Å². The summed E-state index contributed by atoms with van der Waals surface area (Å²) < 4.78 is 1.34. The van der Waals surface area contributed by atoms with Gasteiger partial charge in [0.15, 0.2) is 0 Å². The Morgan fingerprint density at radius 3 is 2.57 bits per heavy atom. The summed E-state index contributed by atoms with van der Waals surface area (Å²) in [4.78, 5) is 31.2. The molecule has 0 aromatic carbocycles. The minimum atomic E-state index is -1.13. The number of carbonyl (C=O) groups is 2. The van der Waals surface area contributed by atoms with E-state index in [4.69, 9.17) is 0 Å². The maximum Gasteiger partial charge on any atom is 0.339 e. The number of thiazole rings is 1. The number of carbonyl (C=O) groups excluding carboxylic acids is 1. The molecule has 2 aromatic rings. The van der Waals surface area contributed by atoms with Gasteiger partial charge in [0.2, 0.25) is 0 Å². The maximum atomic E-state index is 12.6. The molecular weight excluding hydrogens is 316 g/mol. The SMILES string of the molecule is Cc1cnc(C2CCN(C(=O)c3c(C(=O)O)cnn3C)CC2)s1. The second kappa shape index (κ2) is 6.11. The number of carboxylic acids is 1. The van der Waals surface area contributed by atoms with Crippen LogP contribution in [0.5, 0.6) is 0 Å². The third-order valence-electron chi connectivity index (χ3n) is 4.14. The summed E-state index contributed by atoms with van der Waals surface area (Å²) in [6.45, 7) is 3.24. The van der Waals surface area contributed by atoms with E-state index in [2.05, 4.69) is 10.1 Å². The van der Waals surface area contributed by atoms with Crippen LogP contribution in [0, 0.1) is 6.92 Å². The number of likely N-dealkylation sites (tertiary alicyclic amines) is 1. The van der Waals surface area contributed by atoms with Crippen molar-refractivity contribution in [2.24, 2.45) is 7.05 Å². The molecule has 0 aliphatic carbocycles. The average molecular weight is 334 g/mol. The van der Waals surface area contributed by atoms with Crippen molar-refractivity contribution in [3.63, 3.8) is 0 Å². The Morgan fingerprint density at radius 1 is 1.30 bits per heavy atom. The molecule has 23 heavy (non-hydrogen) atoms. The van der Waals surface area contributed by atoms with Crippen LogP contribution in [-0.2, 0) is 7.05 Å². The molecule has 1 aliphatic heterocycles. The second-order valence-corrected chi connectivity index (χ2v) is 6.98. The number of hydrogen-bond donors (Lipinski definition) is 1. The summed E-state index contributed by atoms with van der Waals surface area (Å²) >= 11 is 1.70. The van der Waals surface area contributed by atoms with Gasteiger partial charge in [-0.05, 0) is 19.8 Å². The first-order valence-electron chi connectivity index (χ1n) is 7.44. The van der Waals surface area contributed by atoms with Gasteiger partial charge < -0.3 is 10.0 Å². The zero-order chi connectivity index (χ0) is 16.6. The number of hydrogen-bond acceptors (Lipinski definition) is 5. The Hall–Kier alpha value is -2.22. The number of rotatable bonds is 3. The van der Waals surface area contributed by atoms with E-state index in [0.29, 0.717) is 19.0 Å². The quantitative estimate of drug-likeness (QED) is 0.926. The van der Waals surface area contributed by atoms with Crippen LogP contribution in [0.3, 0.4) is 0 Å². The highest BCUT2D eigenvalue weighted by molar-refractivity contribution is 7.11. The van der Waals surface area contributed by atoms with Crippen LogP contribution in [0.25, 0.3) is 0 Å². The molecule has 1 aliphatic rings. The Morgan fingerprint density at radius 2 is 2.00 bits per heavy atom. The average Bonchev–Trinajstić information content (AvgIpc) is 3.13. The van der Waals surface area contributed by atoms with Gasteiger partial charge in [0.25, 0.3) is 5.91 Å². The van der Waals surface area contributed by atoms with Crippen LogP contribution in [0.15, 0.2) is 12.4 Å². The van der Waals surface area contributed by atoms with Gasteiger partial charge in [-0.15, -0.1) is 11.3 Å². The summed E-state index contributed by atoms with van der Waals surface area (Å²) in [5.74, 6) is -1.02. The Labute approximate surface area is 137 Å². The van der Waals surface area contributed by atoms with Gasteiger partial charge in [0.05, 0.1) is 11.2 Å². The molecule has 3 heterocycles. The zero-order valence-electron chi connectivity index (χ0n) is 13.0. The first-order valence-corrected chi connectivity index (χ1v) is 8.26. The molecule has 3 rings (SSSR count). The first kappa shape index (κ1) is 15.7. The molecule has 8 heteroatoms. The van der Waals surface area contributed by atoms with Crippen molar-refractivity contribution in [1.29, 1.82) is 0 Å². The van der Waals surface area contributed by atoms with Crippen molar-refractivity contribution in [2.75, 3.05) is 13.1 Å². The first-order chi connectivity index (χ1) is 11.0. The maximum absolute atomic E-state index is 12.6. The molecular formula is C15H18N4O3S. The Kier molecular flexibility index (Phi) is 4.16. The van der Waals surface area contributed by atoms with Crippen molar-refractivity contribution >= 4 is 23.2 Å². The van der Waals surface area contributed by atoms with Crippen LogP contribution in [0.4, 0.5) is 0 Å². The number of amides is 1. The molecule has 1 saturated heterocycles. The minimum absolute atomic E-state index is 0.0461. The van der Waals surface area contributed by atoms with E-state index in [1.54, 1.807) is 23.3 Å². The summed E-state index contributed by atoms with van der Waals surface area (Å²) in [7, 11) is 1.59. The predicted molar refractivity (Wildman–Crippen MR) is 84.9 cm³/mol. The summed E-state index contributed by atoms with van der Waals surface area (Å²) in [5, 5.41) is 14.2. The Bertz CT molecular complexity index is 744.